The zero-order chi connectivity index (χ0) is 13.9. The van der Waals surface area contributed by atoms with Crippen molar-refractivity contribution in [1.29, 1.82) is 0 Å². The van der Waals surface area contributed by atoms with Crippen LogP contribution >= 0.6 is 12.4 Å². The van der Waals surface area contributed by atoms with Crippen LogP contribution in [0, 0.1) is 5.41 Å². The van der Waals surface area contributed by atoms with Gasteiger partial charge in [0, 0.05) is 13.1 Å². The third kappa shape index (κ3) is 3.87. The molecule has 0 amide bonds. The van der Waals surface area contributed by atoms with Gasteiger partial charge in [-0.25, -0.2) is 0 Å². The molecule has 2 N–H and O–H groups in total. The summed E-state index contributed by atoms with van der Waals surface area (Å²) in [4.78, 5) is 2.52. The van der Waals surface area contributed by atoms with Crippen LogP contribution in [0.15, 0.2) is 18.2 Å². The molecule has 3 nitrogen and oxygen atoms in total. The van der Waals surface area contributed by atoms with E-state index < -0.39 is 0 Å². The molecule has 0 spiro atoms. The number of ether oxygens (including phenoxy) is 1. The number of hydrogen-bond donors (Lipinski definition) is 1. The van der Waals surface area contributed by atoms with Crippen molar-refractivity contribution < 1.29 is 4.74 Å². The summed E-state index contributed by atoms with van der Waals surface area (Å²) in [7, 11) is 1.72. The van der Waals surface area contributed by atoms with E-state index in [2.05, 4.69) is 36.9 Å². The van der Waals surface area contributed by atoms with Crippen LogP contribution in [0.1, 0.15) is 31.4 Å². The molecule has 1 unspecified atom stereocenters. The van der Waals surface area contributed by atoms with E-state index in [9.17, 15) is 0 Å². The van der Waals surface area contributed by atoms with Crippen molar-refractivity contribution in [1.82, 2.24) is 4.90 Å². The van der Waals surface area contributed by atoms with Crippen molar-refractivity contribution in [3.63, 3.8) is 0 Å². The Balaban J connectivity index is 0.00000200. The Hall–Kier alpha value is -0.770. The minimum Gasteiger partial charge on any atom is -0.497 e. The molecule has 0 aliphatic carbocycles. The Morgan fingerprint density at radius 2 is 2.10 bits per heavy atom. The van der Waals surface area contributed by atoms with Crippen LogP contribution in [-0.2, 0) is 13.0 Å². The van der Waals surface area contributed by atoms with Gasteiger partial charge in [-0.3, -0.25) is 4.90 Å². The highest BCUT2D eigenvalue weighted by atomic mass is 35.5. The molecule has 2 rings (SSSR count). The fourth-order valence-corrected chi connectivity index (χ4v) is 2.88. The molecular weight excluding hydrogens is 272 g/mol. The summed E-state index contributed by atoms with van der Waals surface area (Å²) in [6, 6.07) is 6.43. The summed E-state index contributed by atoms with van der Waals surface area (Å²) >= 11 is 0. The third-order valence-corrected chi connectivity index (χ3v) is 4.32. The van der Waals surface area contributed by atoms with Gasteiger partial charge >= 0.3 is 0 Å². The molecule has 1 saturated heterocycles. The van der Waals surface area contributed by atoms with Crippen LogP contribution in [0.5, 0.6) is 5.75 Å². The lowest BCUT2D eigenvalue weighted by Gasteiger charge is -2.23. The molecule has 1 aromatic carbocycles. The normalized spacial score (nSPS) is 22.6. The number of likely N-dealkylation sites (tertiary alicyclic amines) is 1. The van der Waals surface area contributed by atoms with Gasteiger partial charge in [0.15, 0.2) is 0 Å². The van der Waals surface area contributed by atoms with E-state index in [1.165, 1.54) is 17.5 Å². The Bertz CT molecular complexity index is 438. The molecule has 1 aliphatic rings. The highest BCUT2D eigenvalue weighted by molar-refractivity contribution is 5.85. The molecule has 0 saturated carbocycles. The van der Waals surface area contributed by atoms with E-state index in [-0.39, 0.29) is 12.4 Å². The molecule has 0 aromatic heterocycles. The second kappa shape index (κ2) is 7.30. The summed E-state index contributed by atoms with van der Waals surface area (Å²) in [6.07, 6.45) is 2.26. The number of nitrogens with two attached hydrogens (primary N) is 1. The lowest BCUT2D eigenvalue weighted by atomic mass is 9.90. The van der Waals surface area contributed by atoms with Crippen molar-refractivity contribution in [3.8, 4) is 5.75 Å². The van der Waals surface area contributed by atoms with Gasteiger partial charge < -0.3 is 10.5 Å². The Morgan fingerprint density at radius 1 is 1.35 bits per heavy atom. The van der Waals surface area contributed by atoms with Crippen LogP contribution in [0.2, 0.25) is 0 Å². The van der Waals surface area contributed by atoms with Crippen LogP contribution in [-0.4, -0.2) is 31.6 Å². The SMILES string of the molecule is CCc1cc(OC)ccc1CN1CCC(C)(CN)C1.Cl. The van der Waals surface area contributed by atoms with E-state index in [0.29, 0.717) is 5.41 Å². The molecule has 20 heavy (non-hydrogen) atoms. The van der Waals surface area contributed by atoms with Gasteiger partial charge in [0.2, 0.25) is 0 Å². The van der Waals surface area contributed by atoms with Crippen LogP contribution in [0.25, 0.3) is 0 Å². The van der Waals surface area contributed by atoms with Crippen molar-refractivity contribution in [3.05, 3.63) is 29.3 Å². The quantitative estimate of drug-likeness (QED) is 0.908. The number of benzene rings is 1. The highest BCUT2D eigenvalue weighted by Gasteiger charge is 2.32. The Labute approximate surface area is 128 Å². The van der Waals surface area contributed by atoms with Crippen molar-refractivity contribution in [2.45, 2.75) is 33.2 Å². The number of aryl methyl sites for hydroxylation is 1. The molecule has 114 valence electrons. The molecule has 1 atom stereocenters. The maximum atomic E-state index is 5.87. The van der Waals surface area contributed by atoms with E-state index in [4.69, 9.17) is 10.5 Å². The molecule has 1 heterocycles. The zero-order valence-electron chi connectivity index (χ0n) is 12.8. The average molecular weight is 299 g/mol. The van der Waals surface area contributed by atoms with Gasteiger partial charge in [-0.05, 0) is 54.6 Å². The average Bonchev–Trinajstić information content (AvgIpc) is 2.81. The maximum Gasteiger partial charge on any atom is 0.119 e. The summed E-state index contributed by atoms with van der Waals surface area (Å²) in [5.41, 5.74) is 8.99. The lowest BCUT2D eigenvalue weighted by molar-refractivity contribution is 0.274. The summed E-state index contributed by atoms with van der Waals surface area (Å²) < 4.78 is 5.30. The summed E-state index contributed by atoms with van der Waals surface area (Å²) in [5.74, 6) is 0.953. The first-order valence-electron chi connectivity index (χ1n) is 7.18. The number of nitrogens with zero attached hydrogens (tertiary/aromatic N) is 1. The van der Waals surface area contributed by atoms with Crippen molar-refractivity contribution >= 4 is 12.4 Å². The smallest absolute Gasteiger partial charge is 0.119 e. The first-order valence-corrected chi connectivity index (χ1v) is 7.18. The standard InChI is InChI=1S/C16H26N2O.ClH/c1-4-13-9-15(19-3)6-5-14(13)10-18-8-7-16(2,11-17)12-18;/h5-6,9H,4,7-8,10-12,17H2,1-3H3;1H. The van der Waals surface area contributed by atoms with E-state index in [1.54, 1.807) is 7.11 Å². The molecule has 1 fully saturated rings. The van der Waals surface area contributed by atoms with Crippen LogP contribution < -0.4 is 10.5 Å². The minimum atomic E-state index is 0. The first kappa shape index (κ1) is 17.3. The molecule has 4 heteroatoms. The molecule has 1 aliphatic heterocycles. The fraction of sp³-hybridized carbons (Fsp3) is 0.625. The van der Waals surface area contributed by atoms with E-state index >= 15 is 0 Å². The van der Waals surface area contributed by atoms with Gasteiger partial charge in [0.05, 0.1) is 7.11 Å². The van der Waals surface area contributed by atoms with Crippen molar-refractivity contribution in [2.75, 3.05) is 26.7 Å². The third-order valence-electron chi connectivity index (χ3n) is 4.32. The number of halogens is 1. The minimum absolute atomic E-state index is 0. The van der Waals surface area contributed by atoms with Gasteiger partial charge in [-0.2, -0.15) is 0 Å². The predicted molar refractivity (Wildman–Crippen MR) is 86.7 cm³/mol. The van der Waals surface area contributed by atoms with Gasteiger partial charge in [0.1, 0.15) is 5.75 Å². The topological polar surface area (TPSA) is 38.5 Å². The molecule has 1 aromatic rings. The molecule has 0 radical (unpaired) electrons. The molecule has 0 bridgehead atoms. The second-order valence-corrected chi connectivity index (χ2v) is 5.96. The predicted octanol–water partition coefficient (Wildman–Crippen LogP) is 2.85. The first-order chi connectivity index (χ1) is 9.10. The van der Waals surface area contributed by atoms with Crippen LogP contribution in [0.4, 0.5) is 0 Å². The van der Waals surface area contributed by atoms with Gasteiger partial charge in [-0.1, -0.05) is 19.9 Å². The number of hydrogen-bond acceptors (Lipinski definition) is 3. The van der Waals surface area contributed by atoms with E-state index in [0.717, 1.165) is 38.3 Å². The van der Waals surface area contributed by atoms with Gasteiger partial charge in [-0.15, -0.1) is 12.4 Å². The van der Waals surface area contributed by atoms with E-state index in [1.807, 2.05) is 0 Å². The Morgan fingerprint density at radius 3 is 2.65 bits per heavy atom. The fourth-order valence-electron chi connectivity index (χ4n) is 2.88. The van der Waals surface area contributed by atoms with Gasteiger partial charge in [0.25, 0.3) is 0 Å². The summed E-state index contributed by atoms with van der Waals surface area (Å²) in [5, 5.41) is 0. The largest absolute Gasteiger partial charge is 0.497 e. The Kier molecular flexibility index (Phi) is 6.31. The number of methoxy groups -OCH3 is 1. The zero-order valence-corrected chi connectivity index (χ0v) is 13.6. The second-order valence-electron chi connectivity index (χ2n) is 5.96. The highest BCUT2D eigenvalue weighted by Crippen LogP contribution is 2.30. The summed E-state index contributed by atoms with van der Waals surface area (Å²) in [6.45, 7) is 8.57. The van der Waals surface area contributed by atoms with Crippen LogP contribution in [0.3, 0.4) is 0 Å². The number of rotatable bonds is 5. The monoisotopic (exact) mass is 298 g/mol. The van der Waals surface area contributed by atoms with Crippen molar-refractivity contribution in [2.24, 2.45) is 11.1 Å². The molecular formula is C16H27ClN2O. The lowest BCUT2D eigenvalue weighted by Crippen LogP contribution is -2.31. The maximum absolute atomic E-state index is 5.87.